The molecule has 1 N–H and O–H groups in total. The van der Waals surface area contributed by atoms with E-state index in [1.807, 2.05) is 78.9 Å². The van der Waals surface area contributed by atoms with E-state index in [0.717, 1.165) is 22.2 Å². The van der Waals surface area contributed by atoms with Crippen LogP contribution in [0.3, 0.4) is 0 Å². The molecule has 0 aliphatic rings. The number of rotatable bonds is 6. The average Bonchev–Trinajstić information content (AvgIpc) is 2.78. The van der Waals surface area contributed by atoms with Crippen molar-refractivity contribution in [3.8, 4) is 11.3 Å². The maximum atomic E-state index is 12.9. The van der Waals surface area contributed by atoms with Crippen LogP contribution < -0.4 is 10.9 Å². The van der Waals surface area contributed by atoms with Gasteiger partial charge < -0.3 is 5.32 Å². The topological polar surface area (TPSA) is 64.0 Å². The molecule has 0 unspecified atom stereocenters. The molecule has 4 aromatic rings. The zero-order chi connectivity index (χ0) is 20.1. The molecule has 1 aromatic heterocycles. The number of hydrogen-bond donors (Lipinski definition) is 1. The second kappa shape index (κ2) is 8.52. The number of fused-ring (bicyclic) bond motifs is 1. The van der Waals surface area contributed by atoms with Crippen LogP contribution in [0.2, 0.25) is 0 Å². The van der Waals surface area contributed by atoms with Crippen molar-refractivity contribution in [2.75, 3.05) is 0 Å². The lowest BCUT2D eigenvalue weighted by Gasteiger charge is -2.11. The number of nitrogens with zero attached hydrogens (tertiary/aromatic N) is 2. The van der Waals surface area contributed by atoms with E-state index in [2.05, 4.69) is 10.4 Å². The number of aromatic nitrogens is 2. The van der Waals surface area contributed by atoms with Crippen LogP contribution in [-0.4, -0.2) is 15.7 Å². The van der Waals surface area contributed by atoms with Crippen LogP contribution in [-0.2, 0) is 17.9 Å². The molecule has 0 radical (unpaired) electrons. The maximum absolute atomic E-state index is 12.9. The van der Waals surface area contributed by atoms with Gasteiger partial charge in [0.25, 0.3) is 5.56 Å². The first-order chi connectivity index (χ1) is 14.2. The van der Waals surface area contributed by atoms with Crippen LogP contribution in [0.25, 0.3) is 22.0 Å². The van der Waals surface area contributed by atoms with E-state index in [9.17, 15) is 9.59 Å². The van der Waals surface area contributed by atoms with Gasteiger partial charge in [-0.05, 0) is 11.6 Å². The van der Waals surface area contributed by atoms with Crippen molar-refractivity contribution < 1.29 is 4.79 Å². The van der Waals surface area contributed by atoms with Crippen molar-refractivity contribution in [1.82, 2.24) is 15.1 Å². The molecule has 0 saturated carbocycles. The van der Waals surface area contributed by atoms with Crippen LogP contribution in [0, 0.1) is 0 Å². The highest BCUT2D eigenvalue weighted by Gasteiger charge is 2.12. The SMILES string of the molecule is O=C(CCn1nc(-c2ccccc2)c2ccccc2c1=O)NCc1ccccc1. The lowest BCUT2D eigenvalue weighted by Crippen LogP contribution is -2.29. The number of carbonyl (C=O) groups is 1. The monoisotopic (exact) mass is 383 g/mol. The fraction of sp³-hybridized carbons (Fsp3) is 0.125. The summed E-state index contributed by atoms with van der Waals surface area (Å²) in [6.07, 6.45) is 0.187. The van der Waals surface area contributed by atoms with Gasteiger partial charge in [0.05, 0.1) is 17.6 Å². The summed E-state index contributed by atoms with van der Waals surface area (Å²) in [6, 6.07) is 26.9. The van der Waals surface area contributed by atoms with E-state index in [1.165, 1.54) is 4.68 Å². The minimum absolute atomic E-state index is 0.114. The fourth-order valence-electron chi connectivity index (χ4n) is 3.29. The van der Waals surface area contributed by atoms with Gasteiger partial charge in [-0.2, -0.15) is 5.10 Å². The predicted octanol–water partition coefficient (Wildman–Crippen LogP) is 3.77. The number of aryl methyl sites for hydroxylation is 1. The molecule has 4 rings (SSSR count). The van der Waals surface area contributed by atoms with Crippen molar-refractivity contribution in [3.05, 3.63) is 101 Å². The largest absolute Gasteiger partial charge is 0.352 e. The van der Waals surface area contributed by atoms with Crippen molar-refractivity contribution in [2.45, 2.75) is 19.5 Å². The average molecular weight is 383 g/mol. The van der Waals surface area contributed by atoms with Crippen molar-refractivity contribution >= 4 is 16.7 Å². The molecule has 144 valence electrons. The quantitative estimate of drug-likeness (QED) is 0.551. The zero-order valence-electron chi connectivity index (χ0n) is 15.9. The van der Waals surface area contributed by atoms with Crippen molar-refractivity contribution in [1.29, 1.82) is 0 Å². The van der Waals surface area contributed by atoms with E-state index in [4.69, 9.17) is 0 Å². The first-order valence-electron chi connectivity index (χ1n) is 9.58. The maximum Gasteiger partial charge on any atom is 0.274 e. The number of amides is 1. The third-order valence-corrected chi connectivity index (χ3v) is 4.80. The highest BCUT2D eigenvalue weighted by atomic mass is 16.2. The van der Waals surface area contributed by atoms with E-state index in [1.54, 1.807) is 6.07 Å². The van der Waals surface area contributed by atoms with Gasteiger partial charge in [0.1, 0.15) is 0 Å². The van der Waals surface area contributed by atoms with Crippen LogP contribution in [0.4, 0.5) is 0 Å². The van der Waals surface area contributed by atoms with Gasteiger partial charge >= 0.3 is 0 Å². The second-order valence-electron chi connectivity index (χ2n) is 6.80. The number of hydrogen-bond acceptors (Lipinski definition) is 3. The molecule has 0 bridgehead atoms. The second-order valence-corrected chi connectivity index (χ2v) is 6.80. The minimum atomic E-state index is -0.184. The highest BCUT2D eigenvalue weighted by Crippen LogP contribution is 2.24. The Kier molecular flexibility index (Phi) is 5.47. The third-order valence-electron chi connectivity index (χ3n) is 4.80. The third kappa shape index (κ3) is 4.24. The summed E-state index contributed by atoms with van der Waals surface area (Å²) in [4.78, 5) is 25.1. The van der Waals surface area contributed by atoms with Gasteiger partial charge in [-0.15, -0.1) is 0 Å². The summed E-state index contributed by atoms with van der Waals surface area (Å²) in [5.41, 5.74) is 2.53. The summed E-state index contributed by atoms with van der Waals surface area (Å²) in [5, 5.41) is 8.89. The molecule has 29 heavy (non-hydrogen) atoms. The normalized spacial score (nSPS) is 10.8. The summed E-state index contributed by atoms with van der Waals surface area (Å²) < 4.78 is 1.40. The fourth-order valence-corrected chi connectivity index (χ4v) is 3.29. The first-order valence-corrected chi connectivity index (χ1v) is 9.58. The van der Waals surface area contributed by atoms with Crippen LogP contribution in [0.5, 0.6) is 0 Å². The molecule has 0 aliphatic carbocycles. The van der Waals surface area contributed by atoms with Crippen molar-refractivity contribution in [3.63, 3.8) is 0 Å². The molecule has 0 saturated heterocycles. The Balaban J connectivity index is 1.57. The Morgan fingerprint density at radius 1 is 0.828 bits per heavy atom. The standard InChI is InChI=1S/C24H21N3O2/c28-22(25-17-18-9-3-1-4-10-18)15-16-27-24(29)21-14-8-7-13-20(21)23(26-27)19-11-5-2-6-12-19/h1-14H,15-17H2,(H,25,28). The van der Waals surface area contributed by atoms with Crippen molar-refractivity contribution in [2.24, 2.45) is 0 Å². The van der Waals surface area contributed by atoms with Crippen LogP contribution in [0.1, 0.15) is 12.0 Å². The molecule has 1 heterocycles. The number of carbonyl (C=O) groups excluding carboxylic acids is 1. The molecule has 0 spiro atoms. The van der Waals surface area contributed by atoms with Gasteiger partial charge in [0.2, 0.25) is 5.91 Å². The van der Waals surface area contributed by atoms with E-state index in [0.29, 0.717) is 11.9 Å². The molecule has 1 amide bonds. The van der Waals surface area contributed by atoms with E-state index < -0.39 is 0 Å². The Bertz CT molecular complexity index is 1190. The predicted molar refractivity (Wildman–Crippen MR) is 114 cm³/mol. The lowest BCUT2D eigenvalue weighted by molar-refractivity contribution is -0.121. The molecule has 5 heteroatoms. The number of benzene rings is 3. The lowest BCUT2D eigenvalue weighted by atomic mass is 10.1. The number of nitrogens with one attached hydrogen (secondary N) is 1. The Labute approximate surface area is 168 Å². The molecular formula is C24H21N3O2. The Hall–Kier alpha value is -3.73. The Morgan fingerprint density at radius 2 is 1.45 bits per heavy atom. The summed E-state index contributed by atoms with van der Waals surface area (Å²) >= 11 is 0. The minimum Gasteiger partial charge on any atom is -0.352 e. The van der Waals surface area contributed by atoms with Crippen LogP contribution >= 0.6 is 0 Å². The molecule has 0 fully saturated rings. The van der Waals surface area contributed by atoms with Gasteiger partial charge in [0.15, 0.2) is 0 Å². The zero-order valence-corrected chi connectivity index (χ0v) is 15.9. The Morgan fingerprint density at radius 3 is 2.17 bits per heavy atom. The smallest absolute Gasteiger partial charge is 0.274 e. The van der Waals surface area contributed by atoms with Gasteiger partial charge in [-0.1, -0.05) is 78.9 Å². The van der Waals surface area contributed by atoms with Crippen LogP contribution in [0.15, 0.2) is 89.7 Å². The summed E-state index contributed by atoms with van der Waals surface area (Å²) in [5.74, 6) is -0.114. The van der Waals surface area contributed by atoms with Gasteiger partial charge in [-0.25, -0.2) is 4.68 Å². The van der Waals surface area contributed by atoms with Gasteiger partial charge in [0, 0.05) is 23.9 Å². The van der Waals surface area contributed by atoms with Gasteiger partial charge in [-0.3, -0.25) is 9.59 Å². The molecule has 0 atom stereocenters. The summed E-state index contributed by atoms with van der Waals surface area (Å²) in [7, 11) is 0. The van der Waals surface area contributed by atoms with E-state index >= 15 is 0 Å². The van der Waals surface area contributed by atoms with E-state index in [-0.39, 0.29) is 24.4 Å². The summed E-state index contributed by atoms with van der Waals surface area (Å²) in [6.45, 7) is 0.694. The molecule has 3 aromatic carbocycles. The highest BCUT2D eigenvalue weighted by molar-refractivity contribution is 5.93. The molecule has 5 nitrogen and oxygen atoms in total. The molecule has 0 aliphatic heterocycles. The molecular weight excluding hydrogens is 362 g/mol. The first kappa shape index (κ1) is 18.6.